The first-order chi connectivity index (χ1) is 11.6. The number of nitrogens with one attached hydrogen (secondary N) is 1. The number of piperidine rings is 1. The molecule has 0 radical (unpaired) electrons. The molecule has 0 spiro atoms. The number of para-hydroxylation sites is 1. The van der Waals surface area contributed by atoms with E-state index in [1.807, 2.05) is 19.0 Å². The zero-order valence-electron chi connectivity index (χ0n) is 14.2. The SMILES string of the molecule is CN(C)CCNC(=O)C1CCN(c2c(C#N)cccc2C#N)CC1. The van der Waals surface area contributed by atoms with Gasteiger partial charge in [0.15, 0.2) is 0 Å². The molecule has 1 heterocycles. The molecule has 1 fully saturated rings. The second-order valence-corrected chi connectivity index (χ2v) is 6.28. The van der Waals surface area contributed by atoms with Crippen molar-refractivity contribution < 1.29 is 4.79 Å². The molecular weight excluding hydrogens is 302 g/mol. The number of nitriles is 2. The van der Waals surface area contributed by atoms with Crippen LogP contribution in [0.5, 0.6) is 0 Å². The second kappa shape index (κ2) is 8.33. The van der Waals surface area contributed by atoms with Crippen molar-refractivity contribution in [3.63, 3.8) is 0 Å². The quantitative estimate of drug-likeness (QED) is 0.883. The average molecular weight is 325 g/mol. The smallest absolute Gasteiger partial charge is 0.223 e. The maximum atomic E-state index is 12.2. The summed E-state index contributed by atoms with van der Waals surface area (Å²) in [5.41, 5.74) is 1.74. The van der Waals surface area contributed by atoms with Gasteiger partial charge in [-0.1, -0.05) is 6.07 Å². The molecule has 2 rings (SSSR count). The van der Waals surface area contributed by atoms with Gasteiger partial charge in [-0.15, -0.1) is 0 Å². The molecule has 126 valence electrons. The maximum absolute atomic E-state index is 12.2. The first-order valence-electron chi connectivity index (χ1n) is 8.17. The fourth-order valence-electron chi connectivity index (χ4n) is 2.98. The van der Waals surface area contributed by atoms with Crippen molar-refractivity contribution in [2.24, 2.45) is 5.92 Å². The molecule has 0 aliphatic carbocycles. The summed E-state index contributed by atoms with van der Waals surface area (Å²) in [5.74, 6) is 0.105. The Kier molecular flexibility index (Phi) is 6.17. The summed E-state index contributed by atoms with van der Waals surface area (Å²) in [6.07, 6.45) is 1.47. The molecule has 1 aliphatic heterocycles. The summed E-state index contributed by atoms with van der Waals surface area (Å²) in [4.78, 5) is 16.3. The molecule has 0 bridgehead atoms. The van der Waals surface area contributed by atoms with Crippen LogP contribution in [-0.4, -0.2) is 51.1 Å². The summed E-state index contributed by atoms with van der Waals surface area (Å²) in [5, 5.41) is 21.6. The Morgan fingerprint density at radius 1 is 1.25 bits per heavy atom. The molecule has 1 amide bonds. The van der Waals surface area contributed by atoms with Crippen LogP contribution < -0.4 is 10.2 Å². The van der Waals surface area contributed by atoms with Crippen LogP contribution in [0.1, 0.15) is 24.0 Å². The third-order valence-electron chi connectivity index (χ3n) is 4.32. The van der Waals surface area contributed by atoms with Crippen LogP contribution in [0.4, 0.5) is 5.69 Å². The molecule has 1 aliphatic rings. The number of rotatable bonds is 5. The van der Waals surface area contributed by atoms with Gasteiger partial charge in [-0.05, 0) is 39.1 Å². The number of benzene rings is 1. The Morgan fingerprint density at radius 3 is 2.33 bits per heavy atom. The highest BCUT2D eigenvalue weighted by Crippen LogP contribution is 2.29. The minimum Gasteiger partial charge on any atom is -0.369 e. The van der Waals surface area contributed by atoms with Gasteiger partial charge in [0.05, 0.1) is 16.8 Å². The van der Waals surface area contributed by atoms with Crippen LogP contribution in [0, 0.1) is 28.6 Å². The molecule has 0 unspecified atom stereocenters. The van der Waals surface area contributed by atoms with Gasteiger partial charge in [-0.3, -0.25) is 4.79 Å². The lowest BCUT2D eigenvalue weighted by Gasteiger charge is -2.34. The standard InChI is InChI=1S/C18H23N5O/c1-22(2)11-8-21-18(24)14-6-9-23(10-7-14)17-15(12-19)4-3-5-16(17)13-20/h3-5,14H,6-11H2,1-2H3,(H,21,24). The number of carbonyl (C=O) groups is 1. The van der Waals surface area contributed by atoms with Gasteiger partial charge >= 0.3 is 0 Å². The van der Waals surface area contributed by atoms with E-state index in [1.54, 1.807) is 18.2 Å². The van der Waals surface area contributed by atoms with Gasteiger partial charge in [-0.2, -0.15) is 10.5 Å². The summed E-state index contributed by atoms with van der Waals surface area (Å²) >= 11 is 0. The second-order valence-electron chi connectivity index (χ2n) is 6.28. The Labute approximate surface area is 143 Å². The molecule has 1 aromatic rings. The number of likely N-dealkylation sites (N-methyl/N-ethyl adjacent to an activating group) is 1. The minimum atomic E-state index is 0.00296. The lowest BCUT2D eigenvalue weighted by molar-refractivity contribution is -0.125. The monoisotopic (exact) mass is 325 g/mol. The minimum absolute atomic E-state index is 0.00296. The zero-order valence-corrected chi connectivity index (χ0v) is 14.2. The molecule has 0 aromatic heterocycles. The van der Waals surface area contributed by atoms with E-state index in [1.165, 1.54) is 0 Å². The predicted octanol–water partition coefficient (Wildman–Crippen LogP) is 1.32. The Morgan fingerprint density at radius 2 is 1.83 bits per heavy atom. The van der Waals surface area contributed by atoms with Crippen molar-refractivity contribution in [1.29, 1.82) is 10.5 Å². The van der Waals surface area contributed by atoms with Crippen LogP contribution in [0.25, 0.3) is 0 Å². The van der Waals surface area contributed by atoms with E-state index < -0.39 is 0 Å². The lowest BCUT2D eigenvalue weighted by atomic mass is 9.94. The van der Waals surface area contributed by atoms with Crippen LogP contribution in [0.15, 0.2) is 18.2 Å². The first kappa shape index (κ1) is 17.8. The molecule has 1 N–H and O–H groups in total. The van der Waals surface area contributed by atoms with E-state index in [2.05, 4.69) is 22.4 Å². The Bertz CT molecular complexity index is 631. The van der Waals surface area contributed by atoms with Crippen molar-refractivity contribution in [2.45, 2.75) is 12.8 Å². The highest BCUT2D eigenvalue weighted by molar-refractivity contribution is 5.79. The number of hydrogen-bond donors (Lipinski definition) is 1. The third-order valence-corrected chi connectivity index (χ3v) is 4.32. The lowest BCUT2D eigenvalue weighted by Crippen LogP contribution is -2.42. The Hall–Kier alpha value is -2.57. The zero-order chi connectivity index (χ0) is 17.5. The van der Waals surface area contributed by atoms with Crippen LogP contribution in [0.3, 0.4) is 0 Å². The van der Waals surface area contributed by atoms with Gasteiger partial charge in [0.2, 0.25) is 5.91 Å². The van der Waals surface area contributed by atoms with Gasteiger partial charge in [0, 0.05) is 32.1 Å². The van der Waals surface area contributed by atoms with E-state index in [9.17, 15) is 15.3 Å². The first-order valence-corrected chi connectivity index (χ1v) is 8.17. The Balaban J connectivity index is 1.98. The van der Waals surface area contributed by atoms with Crippen molar-refractivity contribution in [1.82, 2.24) is 10.2 Å². The maximum Gasteiger partial charge on any atom is 0.223 e. The van der Waals surface area contributed by atoms with Crippen molar-refractivity contribution in [3.8, 4) is 12.1 Å². The largest absolute Gasteiger partial charge is 0.369 e. The van der Waals surface area contributed by atoms with Gasteiger partial charge in [-0.25, -0.2) is 0 Å². The van der Waals surface area contributed by atoms with E-state index in [0.717, 1.165) is 19.4 Å². The van der Waals surface area contributed by atoms with Gasteiger partial charge in [0.25, 0.3) is 0 Å². The molecule has 6 nitrogen and oxygen atoms in total. The number of nitrogens with zero attached hydrogens (tertiary/aromatic N) is 4. The number of anilines is 1. The summed E-state index contributed by atoms with van der Waals surface area (Å²) in [7, 11) is 3.95. The number of carbonyl (C=O) groups excluding carboxylic acids is 1. The average Bonchev–Trinajstić information content (AvgIpc) is 2.60. The third kappa shape index (κ3) is 4.24. The van der Waals surface area contributed by atoms with Crippen LogP contribution in [0.2, 0.25) is 0 Å². The van der Waals surface area contributed by atoms with E-state index >= 15 is 0 Å². The molecule has 1 saturated heterocycles. The van der Waals surface area contributed by atoms with Crippen molar-refractivity contribution in [3.05, 3.63) is 29.3 Å². The topological polar surface area (TPSA) is 83.2 Å². The fraction of sp³-hybridized carbons (Fsp3) is 0.500. The van der Waals surface area contributed by atoms with Crippen molar-refractivity contribution in [2.75, 3.05) is 45.2 Å². The summed E-state index contributed by atoms with van der Waals surface area (Å²) in [6, 6.07) is 9.52. The van der Waals surface area contributed by atoms with E-state index in [0.29, 0.717) is 36.4 Å². The predicted molar refractivity (Wildman–Crippen MR) is 92.4 cm³/mol. The van der Waals surface area contributed by atoms with Crippen LogP contribution >= 0.6 is 0 Å². The molecule has 24 heavy (non-hydrogen) atoms. The molecule has 0 atom stereocenters. The number of amides is 1. The molecule has 0 saturated carbocycles. The molecular formula is C18H23N5O. The fourth-order valence-corrected chi connectivity index (χ4v) is 2.98. The summed E-state index contributed by atoms with van der Waals surface area (Å²) < 4.78 is 0. The molecule has 6 heteroatoms. The van der Waals surface area contributed by atoms with Gasteiger partial charge in [0.1, 0.15) is 12.1 Å². The van der Waals surface area contributed by atoms with Crippen LogP contribution in [-0.2, 0) is 4.79 Å². The highest BCUT2D eigenvalue weighted by atomic mass is 16.1. The van der Waals surface area contributed by atoms with Crippen molar-refractivity contribution >= 4 is 11.6 Å². The number of hydrogen-bond acceptors (Lipinski definition) is 5. The van der Waals surface area contributed by atoms with E-state index in [4.69, 9.17) is 0 Å². The summed E-state index contributed by atoms with van der Waals surface area (Å²) in [6.45, 7) is 2.84. The normalized spacial score (nSPS) is 15.0. The van der Waals surface area contributed by atoms with E-state index in [-0.39, 0.29) is 11.8 Å². The van der Waals surface area contributed by atoms with Gasteiger partial charge < -0.3 is 15.1 Å². The highest BCUT2D eigenvalue weighted by Gasteiger charge is 2.27. The molecule has 1 aromatic carbocycles.